The van der Waals surface area contributed by atoms with Crippen molar-refractivity contribution in [3.05, 3.63) is 65.0 Å². The number of hydrogen-bond acceptors (Lipinski definition) is 8. The molecule has 1 N–H and O–H groups in total. The molecule has 0 fully saturated rings. The molecule has 3 rings (SSSR count). The molecule has 0 bridgehead atoms. The van der Waals surface area contributed by atoms with E-state index in [2.05, 4.69) is 0 Å². The van der Waals surface area contributed by atoms with Gasteiger partial charge in [-0.05, 0) is 47.5 Å². The van der Waals surface area contributed by atoms with Gasteiger partial charge >= 0.3 is 0 Å². The van der Waals surface area contributed by atoms with E-state index in [9.17, 15) is 17.9 Å². The molecular weight excluding hydrogens is 491 g/mol. The second-order valence-electron chi connectivity index (χ2n) is 7.53. The third-order valence-electron chi connectivity index (χ3n) is 5.46. The highest BCUT2D eigenvalue weighted by Crippen LogP contribution is 2.39. The summed E-state index contributed by atoms with van der Waals surface area (Å²) in [5, 5.41) is 10.8. The first-order chi connectivity index (χ1) is 17.2. The van der Waals surface area contributed by atoms with E-state index in [4.69, 9.17) is 23.7 Å². The number of sulfone groups is 1. The van der Waals surface area contributed by atoms with Crippen LogP contribution >= 0.6 is 0 Å². The van der Waals surface area contributed by atoms with Gasteiger partial charge in [0.1, 0.15) is 0 Å². The van der Waals surface area contributed by atoms with Crippen LogP contribution in [0, 0.1) is 5.82 Å². The van der Waals surface area contributed by atoms with E-state index in [1.54, 1.807) is 30.4 Å². The molecule has 0 saturated heterocycles. The molecule has 0 saturated carbocycles. The molecule has 192 valence electrons. The Morgan fingerprint density at radius 3 is 1.89 bits per heavy atom. The van der Waals surface area contributed by atoms with Crippen LogP contribution in [0.2, 0.25) is 0 Å². The van der Waals surface area contributed by atoms with Crippen molar-refractivity contribution in [2.45, 2.75) is 10.6 Å². The lowest BCUT2D eigenvalue weighted by Crippen LogP contribution is -2.08. The second-order valence-corrected chi connectivity index (χ2v) is 9.52. The van der Waals surface area contributed by atoms with Gasteiger partial charge in [-0.15, -0.1) is 0 Å². The van der Waals surface area contributed by atoms with E-state index >= 15 is 0 Å². The Kier molecular flexibility index (Phi) is 8.31. The fourth-order valence-electron chi connectivity index (χ4n) is 3.60. The molecule has 36 heavy (non-hydrogen) atoms. The number of benzene rings is 3. The highest BCUT2D eigenvalue weighted by Gasteiger charge is 2.23. The lowest BCUT2D eigenvalue weighted by Gasteiger charge is -2.14. The fourth-order valence-corrected chi connectivity index (χ4v) is 5.01. The number of aromatic hydroxyl groups is 1. The van der Waals surface area contributed by atoms with E-state index in [1.807, 2.05) is 0 Å². The topological polar surface area (TPSA) is 101 Å². The zero-order chi connectivity index (χ0) is 26.5. The molecular formula is C26H27FO8S. The van der Waals surface area contributed by atoms with Gasteiger partial charge in [0.25, 0.3) is 0 Å². The van der Waals surface area contributed by atoms with Crippen LogP contribution in [0.4, 0.5) is 4.39 Å². The van der Waals surface area contributed by atoms with E-state index in [0.717, 1.165) is 6.07 Å². The lowest BCUT2D eigenvalue weighted by atomic mass is 10.0. The summed E-state index contributed by atoms with van der Waals surface area (Å²) in [5.41, 5.74) is 1.18. The summed E-state index contributed by atoms with van der Waals surface area (Å²) >= 11 is 0. The van der Waals surface area contributed by atoms with Crippen molar-refractivity contribution in [3.8, 4) is 34.5 Å². The number of methoxy groups -OCH3 is 5. The highest BCUT2D eigenvalue weighted by molar-refractivity contribution is 7.90. The molecule has 3 aromatic carbocycles. The quantitative estimate of drug-likeness (QED) is 0.385. The molecule has 0 spiro atoms. The van der Waals surface area contributed by atoms with Gasteiger partial charge in [-0.3, -0.25) is 0 Å². The Labute approximate surface area is 209 Å². The average Bonchev–Trinajstić information content (AvgIpc) is 2.88. The first kappa shape index (κ1) is 26.7. The maximum absolute atomic E-state index is 14.2. The number of phenolic OH excluding ortho intramolecular Hbond substituents is 1. The van der Waals surface area contributed by atoms with Crippen molar-refractivity contribution in [1.29, 1.82) is 0 Å². The minimum Gasteiger partial charge on any atom is -0.504 e. The highest BCUT2D eigenvalue weighted by atomic mass is 32.2. The van der Waals surface area contributed by atoms with E-state index in [-0.39, 0.29) is 27.7 Å². The zero-order valence-electron chi connectivity index (χ0n) is 20.5. The van der Waals surface area contributed by atoms with Crippen LogP contribution < -0.4 is 23.7 Å². The average molecular weight is 519 g/mol. The van der Waals surface area contributed by atoms with Crippen LogP contribution in [0.5, 0.6) is 34.5 Å². The molecule has 0 unspecified atom stereocenters. The van der Waals surface area contributed by atoms with Crippen LogP contribution in [-0.2, 0) is 15.6 Å². The molecule has 10 heteroatoms. The van der Waals surface area contributed by atoms with Crippen LogP contribution in [0.1, 0.15) is 16.7 Å². The first-order valence-electron chi connectivity index (χ1n) is 10.6. The molecule has 3 aromatic rings. The van der Waals surface area contributed by atoms with Crippen molar-refractivity contribution >= 4 is 22.0 Å². The Balaban J connectivity index is 2.06. The van der Waals surface area contributed by atoms with Gasteiger partial charge < -0.3 is 28.8 Å². The van der Waals surface area contributed by atoms with Crippen LogP contribution in [-0.4, -0.2) is 49.1 Å². The van der Waals surface area contributed by atoms with E-state index in [0.29, 0.717) is 28.4 Å². The molecule has 0 aliphatic carbocycles. The SMILES string of the molecule is COc1ccc(S(=O)(=O)Cc2c(/C=C\c3cc(OC)c(OC)c(OC)c3)ccc(OC)c2O)cc1F. The molecule has 0 radical (unpaired) electrons. The molecule has 0 heterocycles. The molecule has 0 atom stereocenters. The third kappa shape index (κ3) is 5.49. The summed E-state index contributed by atoms with van der Waals surface area (Å²) in [6.07, 6.45) is 3.34. The number of hydrogen-bond donors (Lipinski definition) is 1. The van der Waals surface area contributed by atoms with Gasteiger partial charge in [0.15, 0.2) is 44.4 Å². The minimum absolute atomic E-state index is 0.0767. The van der Waals surface area contributed by atoms with Crippen molar-refractivity contribution in [1.82, 2.24) is 0 Å². The summed E-state index contributed by atoms with van der Waals surface area (Å²) in [6.45, 7) is 0. The molecule has 0 aromatic heterocycles. The van der Waals surface area contributed by atoms with Gasteiger partial charge in [-0.1, -0.05) is 18.2 Å². The summed E-state index contributed by atoms with van der Waals surface area (Å²) in [6, 6.07) is 9.95. The number of phenols is 1. The molecule has 0 amide bonds. The summed E-state index contributed by atoms with van der Waals surface area (Å²) < 4.78 is 66.6. The van der Waals surface area contributed by atoms with Gasteiger partial charge in [-0.25, -0.2) is 12.8 Å². The number of halogens is 1. The summed E-state index contributed by atoms with van der Waals surface area (Å²) in [4.78, 5) is -0.248. The Morgan fingerprint density at radius 1 is 0.778 bits per heavy atom. The van der Waals surface area contributed by atoms with Crippen LogP contribution in [0.15, 0.2) is 47.4 Å². The van der Waals surface area contributed by atoms with Crippen molar-refractivity contribution in [2.75, 3.05) is 35.5 Å². The number of ether oxygens (including phenoxy) is 5. The standard InChI is InChI=1S/C26H27FO8S/c1-31-21-11-9-18(14-20(21)27)36(29,30)15-19-17(8-10-22(32-2)25(19)28)7-6-16-12-23(33-3)26(35-5)24(13-16)34-4/h6-14,28H,15H2,1-5H3/b7-6-. The van der Waals surface area contributed by atoms with E-state index < -0.39 is 21.4 Å². The minimum atomic E-state index is -4.05. The molecule has 8 nitrogen and oxygen atoms in total. The van der Waals surface area contributed by atoms with Crippen molar-refractivity contribution in [2.24, 2.45) is 0 Å². The monoisotopic (exact) mass is 518 g/mol. The fraction of sp³-hybridized carbons (Fsp3) is 0.231. The van der Waals surface area contributed by atoms with Crippen LogP contribution in [0.25, 0.3) is 12.2 Å². The lowest BCUT2D eigenvalue weighted by molar-refractivity contribution is 0.324. The largest absolute Gasteiger partial charge is 0.504 e. The van der Waals surface area contributed by atoms with Crippen molar-refractivity contribution in [3.63, 3.8) is 0 Å². The Hall–Kier alpha value is -3.92. The van der Waals surface area contributed by atoms with E-state index in [1.165, 1.54) is 53.7 Å². The van der Waals surface area contributed by atoms with Crippen LogP contribution in [0.3, 0.4) is 0 Å². The smallest absolute Gasteiger partial charge is 0.203 e. The maximum atomic E-state index is 14.2. The number of rotatable bonds is 10. The third-order valence-corrected chi connectivity index (χ3v) is 7.10. The predicted molar refractivity (Wildman–Crippen MR) is 134 cm³/mol. The second kappa shape index (κ2) is 11.2. The van der Waals surface area contributed by atoms with Gasteiger partial charge in [0.05, 0.1) is 46.2 Å². The van der Waals surface area contributed by atoms with Gasteiger partial charge in [-0.2, -0.15) is 0 Å². The van der Waals surface area contributed by atoms with Crippen molar-refractivity contribution < 1.29 is 41.6 Å². The summed E-state index contributed by atoms with van der Waals surface area (Å²) in [5.74, 6) is -0.401. The van der Waals surface area contributed by atoms with Gasteiger partial charge in [0.2, 0.25) is 5.75 Å². The normalized spacial score (nSPS) is 11.4. The Morgan fingerprint density at radius 2 is 1.36 bits per heavy atom. The zero-order valence-corrected chi connectivity index (χ0v) is 21.3. The predicted octanol–water partition coefficient (Wildman–Crippen LogP) is 4.72. The van der Waals surface area contributed by atoms with Gasteiger partial charge in [0, 0.05) is 5.56 Å². The Bertz CT molecular complexity index is 1360. The maximum Gasteiger partial charge on any atom is 0.203 e. The first-order valence-corrected chi connectivity index (χ1v) is 12.3. The molecule has 0 aliphatic heterocycles. The summed E-state index contributed by atoms with van der Waals surface area (Å²) in [7, 11) is 3.09. The molecule has 0 aliphatic rings.